The highest BCUT2D eigenvalue weighted by Crippen LogP contribution is 2.36. The van der Waals surface area contributed by atoms with E-state index in [1.54, 1.807) is 12.1 Å². The summed E-state index contributed by atoms with van der Waals surface area (Å²) in [5.74, 6) is 0.323. The van der Waals surface area contributed by atoms with Gasteiger partial charge in [-0.1, -0.05) is 24.3 Å². The lowest BCUT2D eigenvalue weighted by Gasteiger charge is -2.20. The first-order valence-electron chi connectivity index (χ1n) is 12.5. The van der Waals surface area contributed by atoms with Gasteiger partial charge in [0.1, 0.15) is 5.82 Å². The zero-order chi connectivity index (χ0) is 29.8. The quantitative estimate of drug-likeness (QED) is 0.157. The first kappa shape index (κ1) is 32.5. The lowest BCUT2D eigenvalue weighted by molar-refractivity contribution is -0.143. The Morgan fingerprint density at radius 2 is 1.50 bits per heavy atom. The van der Waals surface area contributed by atoms with E-state index >= 15 is 0 Å². The van der Waals surface area contributed by atoms with E-state index in [1.807, 2.05) is 40.8 Å². The number of imidazole rings is 1. The molecule has 0 aliphatic heterocycles. The number of para-hydroxylation sites is 2. The van der Waals surface area contributed by atoms with Gasteiger partial charge in [-0.25, -0.2) is 14.2 Å². The predicted molar refractivity (Wildman–Crippen MR) is 147 cm³/mol. The molecule has 0 aliphatic carbocycles. The molecule has 14 heteroatoms. The second-order valence-corrected chi connectivity index (χ2v) is 9.41. The topological polar surface area (TPSA) is 62.2 Å². The number of nitrogens with one attached hydrogen (secondary N) is 2. The number of rotatable bonds is 9. The molecule has 4 aromatic rings. The van der Waals surface area contributed by atoms with Crippen LogP contribution in [0.15, 0.2) is 66.7 Å². The van der Waals surface area contributed by atoms with Gasteiger partial charge in [-0.3, -0.25) is 0 Å². The van der Waals surface area contributed by atoms with Gasteiger partial charge in [0, 0.05) is 26.7 Å². The van der Waals surface area contributed by atoms with E-state index in [1.165, 1.54) is 12.1 Å². The fourth-order valence-corrected chi connectivity index (χ4v) is 4.27. The molecule has 226 valence electrons. The summed E-state index contributed by atoms with van der Waals surface area (Å²) >= 11 is 0. The third-order valence-corrected chi connectivity index (χ3v) is 6.29. The number of fused-ring (bicyclic) bond motifs is 1. The van der Waals surface area contributed by atoms with Crippen molar-refractivity contribution >= 4 is 35.4 Å². The highest BCUT2D eigenvalue weighted by Gasteiger charge is 2.36. The van der Waals surface area contributed by atoms with E-state index in [0.29, 0.717) is 37.6 Å². The van der Waals surface area contributed by atoms with Crippen molar-refractivity contribution in [2.75, 3.05) is 25.0 Å². The lowest BCUT2D eigenvalue weighted by atomic mass is 10.0. The number of benzene rings is 3. The number of urea groups is 1. The lowest BCUT2D eigenvalue weighted by Crippen LogP contribution is -2.36. The fraction of sp³-hybridized carbons (Fsp3) is 0.286. The van der Waals surface area contributed by atoms with Crippen molar-refractivity contribution in [3.63, 3.8) is 0 Å². The van der Waals surface area contributed by atoms with E-state index in [0.717, 1.165) is 16.6 Å². The van der Waals surface area contributed by atoms with E-state index < -0.39 is 36.1 Å². The number of hydrogen-bond donors (Lipinski definition) is 2. The molecule has 0 radical (unpaired) electrons. The molecule has 6 nitrogen and oxygen atoms in total. The second kappa shape index (κ2) is 13.3. The van der Waals surface area contributed by atoms with Gasteiger partial charge in [0.05, 0.1) is 28.7 Å². The van der Waals surface area contributed by atoms with Crippen molar-refractivity contribution < 1.29 is 35.5 Å². The minimum absolute atomic E-state index is 0. The van der Waals surface area contributed by atoms with Crippen LogP contribution in [0.1, 0.15) is 28.7 Å². The molecular formula is C28H27ClF7N5O. The summed E-state index contributed by atoms with van der Waals surface area (Å²) in [4.78, 5) is 18.8. The molecule has 0 spiro atoms. The average molecular weight is 618 g/mol. The summed E-state index contributed by atoms with van der Waals surface area (Å²) in [5, 5.41) is 4.84. The molecule has 0 saturated carbocycles. The molecule has 1 aromatic heterocycles. The summed E-state index contributed by atoms with van der Waals surface area (Å²) < 4.78 is 93.6. The van der Waals surface area contributed by atoms with Crippen LogP contribution in [0.3, 0.4) is 0 Å². The highest BCUT2D eigenvalue weighted by molar-refractivity contribution is 5.85. The van der Waals surface area contributed by atoms with Crippen LogP contribution >= 0.6 is 12.4 Å². The van der Waals surface area contributed by atoms with Gasteiger partial charge in [-0.15, -0.1) is 12.4 Å². The summed E-state index contributed by atoms with van der Waals surface area (Å²) in [7, 11) is 1.83. The Morgan fingerprint density at radius 1 is 0.881 bits per heavy atom. The monoisotopic (exact) mass is 617 g/mol. The molecule has 0 bridgehead atoms. The Kier molecular flexibility index (Phi) is 10.3. The number of carbonyl (C=O) groups is 1. The minimum atomic E-state index is -4.97. The molecule has 42 heavy (non-hydrogen) atoms. The first-order chi connectivity index (χ1) is 19.3. The highest BCUT2D eigenvalue weighted by atomic mass is 35.5. The number of nitrogens with zero attached hydrogens (tertiary/aromatic N) is 3. The molecule has 3 aromatic carbocycles. The number of carbonyl (C=O) groups excluding carboxylic acids is 1. The molecule has 2 N–H and O–H groups in total. The smallest absolute Gasteiger partial charge is 0.345 e. The van der Waals surface area contributed by atoms with Crippen LogP contribution in [-0.4, -0.2) is 35.7 Å². The number of anilines is 1. The Morgan fingerprint density at radius 3 is 2.12 bits per heavy atom. The van der Waals surface area contributed by atoms with Crippen LogP contribution in [0, 0.1) is 5.82 Å². The SMILES string of the molecule is CN(CCCNC(=O)NCc1cc(C(F)(F)F)cc(C(F)(F)F)c1)c1nc2ccccc2n1Cc1ccc(F)cc1.Cl. The van der Waals surface area contributed by atoms with Crippen LogP contribution in [0.5, 0.6) is 0 Å². The standard InChI is InChI=1S/C28H26F7N5O.ClH/c1-39(26-38-23-5-2-3-6-24(23)40(26)17-18-7-9-22(29)10-8-18)12-4-11-36-25(41)37-16-19-13-20(27(30,31)32)15-21(14-19)28(33,34)35;/h2-3,5-10,13-15H,4,11-12,16-17H2,1H3,(H2,36,37,41);1H. The predicted octanol–water partition coefficient (Wildman–Crippen LogP) is 7.01. The van der Waals surface area contributed by atoms with Gasteiger partial charge < -0.3 is 20.1 Å². The molecule has 4 rings (SSSR count). The Hall–Kier alpha value is -4.00. The van der Waals surface area contributed by atoms with Crippen LogP contribution in [-0.2, 0) is 25.4 Å². The molecule has 0 saturated heterocycles. The average Bonchev–Trinajstić information content (AvgIpc) is 3.28. The van der Waals surface area contributed by atoms with Crippen LogP contribution in [0.25, 0.3) is 11.0 Å². The molecule has 0 fully saturated rings. The number of aromatic nitrogens is 2. The molecule has 2 amide bonds. The number of alkyl halides is 6. The van der Waals surface area contributed by atoms with Gasteiger partial charge in [-0.2, -0.15) is 26.3 Å². The number of amides is 2. The van der Waals surface area contributed by atoms with E-state index in [9.17, 15) is 35.5 Å². The van der Waals surface area contributed by atoms with Crippen molar-refractivity contribution in [3.05, 3.63) is 94.8 Å². The van der Waals surface area contributed by atoms with Crippen molar-refractivity contribution in [1.82, 2.24) is 20.2 Å². The van der Waals surface area contributed by atoms with Crippen molar-refractivity contribution in [2.24, 2.45) is 0 Å². The molecular weight excluding hydrogens is 591 g/mol. The third kappa shape index (κ3) is 8.28. The first-order valence-corrected chi connectivity index (χ1v) is 12.5. The van der Waals surface area contributed by atoms with Crippen molar-refractivity contribution in [1.29, 1.82) is 0 Å². The maximum absolute atomic E-state index is 13.4. The zero-order valence-electron chi connectivity index (χ0n) is 22.2. The number of halogens is 8. The molecule has 0 unspecified atom stereocenters. The van der Waals surface area contributed by atoms with E-state index in [4.69, 9.17) is 4.98 Å². The van der Waals surface area contributed by atoms with E-state index in [2.05, 4.69) is 10.6 Å². The van der Waals surface area contributed by atoms with Crippen molar-refractivity contribution in [3.8, 4) is 0 Å². The zero-order valence-corrected chi connectivity index (χ0v) is 23.0. The minimum Gasteiger partial charge on any atom is -0.345 e. The van der Waals surface area contributed by atoms with Gasteiger partial charge in [0.15, 0.2) is 0 Å². The van der Waals surface area contributed by atoms with Gasteiger partial charge in [-0.05, 0) is 60.0 Å². The maximum atomic E-state index is 13.4. The Labute approximate surface area is 242 Å². The molecule has 1 heterocycles. The largest absolute Gasteiger partial charge is 0.416 e. The van der Waals surface area contributed by atoms with Gasteiger partial charge in [0.2, 0.25) is 5.95 Å². The van der Waals surface area contributed by atoms with Crippen LogP contribution in [0.4, 0.5) is 41.5 Å². The second-order valence-electron chi connectivity index (χ2n) is 9.41. The normalized spacial score (nSPS) is 11.7. The van der Waals surface area contributed by atoms with Gasteiger partial charge >= 0.3 is 18.4 Å². The number of hydrogen-bond acceptors (Lipinski definition) is 3. The molecule has 0 aliphatic rings. The summed E-state index contributed by atoms with van der Waals surface area (Å²) in [6.45, 7) is 0.583. The maximum Gasteiger partial charge on any atom is 0.416 e. The van der Waals surface area contributed by atoms with E-state index in [-0.39, 0.29) is 36.4 Å². The third-order valence-electron chi connectivity index (χ3n) is 6.29. The molecule has 0 atom stereocenters. The fourth-order valence-electron chi connectivity index (χ4n) is 4.27. The van der Waals surface area contributed by atoms with Crippen LogP contribution < -0.4 is 15.5 Å². The Bertz CT molecular complexity index is 1470. The Balaban J connectivity index is 0.00000484. The van der Waals surface area contributed by atoms with Crippen LogP contribution in [0.2, 0.25) is 0 Å². The van der Waals surface area contributed by atoms with Crippen molar-refractivity contribution in [2.45, 2.75) is 31.9 Å². The summed E-state index contributed by atoms with van der Waals surface area (Å²) in [5.41, 5.74) is -0.680. The van der Waals surface area contributed by atoms with Gasteiger partial charge in [0.25, 0.3) is 0 Å². The summed E-state index contributed by atoms with van der Waals surface area (Å²) in [6.07, 6.45) is -9.47. The summed E-state index contributed by atoms with van der Waals surface area (Å²) in [6, 6.07) is 14.2.